The molecule has 0 spiro atoms. The van der Waals surface area contributed by atoms with Crippen LogP contribution in [0.5, 0.6) is 0 Å². The van der Waals surface area contributed by atoms with E-state index in [1.807, 2.05) is 13.8 Å². The van der Waals surface area contributed by atoms with Gasteiger partial charge in [0.2, 0.25) is 0 Å². The first-order chi connectivity index (χ1) is 10.3. The third-order valence-electron chi connectivity index (χ3n) is 3.58. The summed E-state index contributed by atoms with van der Waals surface area (Å²) in [7, 11) is 1.80. The predicted molar refractivity (Wildman–Crippen MR) is 76.8 cm³/mol. The van der Waals surface area contributed by atoms with Gasteiger partial charge in [0.05, 0.1) is 12.2 Å². The van der Waals surface area contributed by atoms with Crippen LogP contribution in [0.15, 0.2) is 12.1 Å². The van der Waals surface area contributed by atoms with Crippen LogP contribution in [0.25, 0.3) is 0 Å². The zero-order chi connectivity index (χ0) is 16.3. The molecule has 2 heterocycles. The van der Waals surface area contributed by atoms with Gasteiger partial charge in [0, 0.05) is 33.2 Å². The minimum Gasteiger partial charge on any atom is -0.373 e. The molecule has 0 N–H and O–H groups in total. The number of halogens is 3. The van der Waals surface area contributed by atoms with Crippen molar-refractivity contribution in [1.29, 1.82) is 0 Å². The molecule has 124 valence electrons. The van der Waals surface area contributed by atoms with Gasteiger partial charge in [0.1, 0.15) is 0 Å². The summed E-state index contributed by atoms with van der Waals surface area (Å²) in [5, 5.41) is 6.89. The van der Waals surface area contributed by atoms with E-state index in [0.717, 1.165) is 25.7 Å². The molecule has 5 nitrogen and oxygen atoms in total. The topological polar surface area (TPSA) is 41.5 Å². The van der Waals surface area contributed by atoms with E-state index in [1.165, 1.54) is 6.07 Å². The molecule has 2 rings (SSSR count). The van der Waals surface area contributed by atoms with Gasteiger partial charge >= 0.3 is 6.18 Å². The minimum atomic E-state index is -4.45. The van der Waals surface area contributed by atoms with Gasteiger partial charge in [-0.25, -0.2) is 0 Å². The van der Waals surface area contributed by atoms with Gasteiger partial charge in [-0.1, -0.05) is 0 Å². The lowest BCUT2D eigenvalue weighted by Crippen LogP contribution is -2.47. The van der Waals surface area contributed by atoms with Crippen molar-refractivity contribution < 1.29 is 17.9 Å². The number of likely N-dealkylation sites (N-methyl/N-ethyl adjacent to an activating group) is 1. The molecule has 1 fully saturated rings. The third kappa shape index (κ3) is 4.54. The fourth-order valence-electron chi connectivity index (χ4n) is 2.55. The van der Waals surface area contributed by atoms with Crippen LogP contribution in [0.4, 0.5) is 19.0 Å². The second-order valence-electron chi connectivity index (χ2n) is 5.71. The average Bonchev–Trinajstić information content (AvgIpc) is 2.43. The van der Waals surface area contributed by atoms with E-state index in [0.29, 0.717) is 12.4 Å². The number of morpholine rings is 1. The zero-order valence-electron chi connectivity index (χ0n) is 13.0. The highest BCUT2D eigenvalue weighted by atomic mass is 19.4. The lowest BCUT2D eigenvalue weighted by Gasteiger charge is -2.36. The number of ether oxygens (including phenoxy) is 1. The normalized spacial score (nSPS) is 23.5. The predicted octanol–water partition coefficient (Wildman–Crippen LogP) is 2.04. The van der Waals surface area contributed by atoms with E-state index >= 15 is 0 Å². The number of aromatic nitrogens is 2. The molecule has 2 atom stereocenters. The summed E-state index contributed by atoms with van der Waals surface area (Å²) in [4.78, 5) is 4.09. The van der Waals surface area contributed by atoms with Gasteiger partial charge < -0.3 is 9.64 Å². The SMILES string of the molecule is C[C@@H]1CN(CCN(C)c2ccc(C(F)(F)F)nn2)C[C@H](C)O1. The van der Waals surface area contributed by atoms with Gasteiger partial charge in [0.25, 0.3) is 0 Å². The summed E-state index contributed by atoms with van der Waals surface area (Å²) in [5.41, 5.74) is -0.972. The third-order valence-corrected chi connectivity index (χ3v) is 3.58. The fourth-order valence-corrected chi connectivity index (χ4v) is 2.55. The average molecular weight is 318 g/mol. The monoisotopic (exact) mass is 318 g/mol. The van der Waals surface area contributed by atoms with Crippen LogP contribution >= 0.6 is 0 Å². The molecule has 1 aromatic heterocycles. The molecule has 22 heavy (non-hydrogen) atoms. The molecule has 0 unspecified atom stereocenters. The number of rotatable bonds is 4. The smallest absolute Gasteiger partial charge is 0.373 e. The number of hydrogen-bond donors (Lipinski definition) is 0. The Kier molecular flexibility index (Phi) is 5.23. The number of anilines is 1. The lowest BCUT2D eigenvalue weighted by atomic mass is 10.2. The molecule has 0 aromatic carbocycles. The molecule has 8 heteroatoms. The van der Waals surface area contributed by atoms with Gasteiger partial charge in [-0.2, -0.15) is 13.2 Å². The van der Waals surface area contributed by atoms with E-state index in [-0.39, 0.29) is 12.2 Å². The van der Waals surface area contributed by atoms with E-state index < -0.39 is 11.9 Å². The molecule has 0 bridgehead atoms. The fraction of sp³-hybridized carbons (Fsp3) is 0.714. The van der Waals surface area contributed by atoms with Crippen molar-refractivity contribution in [2.24, 2.45) is 0 Å². The zero-order valence-corrected chi connectivity index (χ0v) is 13.0. The van der Waals surface area contributed by atoms with Crippen LogP contribution in [0.3, 0.4) is 0 Å². The van der Waals surface area contributed by atoms with Crippen molar-refractivity contribution in [3.63, 3.8) is 0 Å². The summed E-state index contributed by atoms with van der Waals surface area (Å²) in [6.45, 7) is 7.26. The molecule has 1 aromatic rings. The molecular weight excluding hydrogens is 297 g/mol. The maximum atomic E-state index is 12.5. The lowest BCUT2D eigenvalue weighted by molar-refractivity contribution is -0.141. The molecule has 0 amide bonds. The standard InChI is InChI=1S/C14H21F3N4O/c1-10-8-21(9-11(2)22-10)7-6-20(3)13-5-4-12(18-19-13)14(15,16)17/h4-5,10-11H,6-9H2,1-3H3/t10-,11+. The van der Waals surface area contributed by atoms with E-state index in [4.69, 9.17) is 4.74 Å². The van der Waals surface area contributed by atoms with Gasteiger partial charge in [-0.3, -0.25) is 4.90 Å². The van der Waals surface area contributed by atoms with Crippen LogP contribution < -0.4 is 4.90 Å². The van der Waals surface area contributed by atoms with E-state index in [2.05, 4.69) is 15.1 Å². The molecular formula is C14H21F3N4O. The van der Waals surface area contributed by atoms with Gasteiger partial charge in [-0.15, -0.1) is 10.2 Å². The van der Waals surface area contributed by atoms with Gasteiger partial charge in [0.15, 0.2) is 11.5 Å². The minimum absolute atomic E-state index is 0.194. The molecule has 0 saturated carbocycles. The first-order valence-corrected chi connectivity index (χ1v) is 7.25. The molecule has 0 aliphatic carbocycles. The summed E-state index contributed by atoms with van der Waals surface area (Å²) in [6.07, 6.45) is -4.07. The maximum Gasteiger partial charge on any atom is 0.435 e. The summed E-state index contributed by atoms with van der Waals surface area (Å²) >= 11 is 0. The highest BCUT2D eigenvalue weighted by Crippen LogP contribution is 2.27. The van der Waals surface area contributed by atoms with Crippen LogP contribution in [0.2, 0.25) is 0 Å². The largest absolute Gasteiger partial charge is 0.435 e. The van der Waals surface area contributed by atoms with Crippen molar-refractivity contribution in [2.75, 3.05) is 38.1 Å². The molecule has 0 radical (unpaired) electrons. The van der Waals surface area contributed by atoms with Crippen LogP contribution in [-0.2, 0) is 10.9 Å². The van der Waals surface area contributed by atoms with Crippen LogP contribution in [0.1, 0.15) is 19.5 Å². The molecule has 1 aliphatic rings. The second kappa shape index (κ2) is 6.78. The Labute approximate surface area is 128 Å². The first-order valence-electron chi connectivity index (χ1n) is 7.25. The molecule has 1 aliphatic heterocycles. The summed E-state index contributed by atoms with van der Waals surface area (Å²) in [6, 6.07) is 2.30. The highest BCUT2D eigenvalue weighted by Gasteiger charge is 2.33. The Morgan fingerprint density at radius 2 is 1.86 bits per heavy atom. The molecule has 1 saturated heterocycles. The van der Waals surface area contributed by atoms with Crippen molar-refractivity contribution in [3.8, 4) is 0 Å². The van der Waals surface area contributed by atoms with Crippen LogP contribution in [-0.4, -0.2) is 60.5 Å². The van der Waals surface area contributed by atoms with Crippen LogP contribution in [0, 0.1) is 0 Å². The number of nitrogens with zero attached hydrogens (tertiary/aromatic N) is 4. The Morgan fingerprint density at radius 1 is 1.23 bits per heavy atom. The Morgan fingerprint density at radius 3 is 2.36 bits per heavy atom. The maximum absolute atomic E-state index is 12.5. The Hall–Kier alpha value is -1.41. The first kappa shape index (κ1) is 17.0. The van der Waals surface area contributed by atoms with E-state index in [9.17, 15) is 13.2 Å². The second-order valence-corrected chi connectivity index (χ2v) is 5.71. The quantitative estimate of drug-likeness (QED) is 0.850. The summed E-state index contributed by atoms with van der Waals surface area (Å²) < 4.78 is 43.0. The van der Waals surface area contributed by atoms with Crippen molar-refractivity contribution in [1.82, 2.24) is 15.1 Å². The van der Waals surface area contributed by atoms with Gasteiger partial charge in [-0.05, 0) is 26.0 Å². The number of hydrogen-bond acceptors (Lipinski definition) is 5. The van der Waals surface area contributed by atoms with E-state index in [1.54, 1.807) is 11.9 Å². The Bertz CT molecular complexity index is 470. The highest BCUT2D eigenvalue weighted by molar-refractivity contribution is 5.36. The Balaban J connectivity index is 1.88. The summed E-state index contributed by atoms with van der Waals surface area (Å²) in [5.74, 6) is 0.433. The van der Waals surface area contributed by atoms with Crippen molar-refractivity contribution in [3.05, 3.63) is 17.8 Å². The number of alkyl halides is 3. The van der Waals surface area contributed by atoms with Crippen molar-refractivity contribution >= 4 is 5.82 Å². The van der Waals surface area contributed by atoms with Crippen molar-refractivity contribution in [2.45, 2.75) is 32.2 Å².